The summed E-state index contributed by atoms with van der Waals surface area (Å²) in [5.74, 6) is -0.656. The van der Waals surface area contributed by atoms with Crippen LogP contribution in [0.4, 0.5) is 20.6 Å². The highest BCUT2D eigenvalue weighted by Gasteiger charge is 2.17. The number of urea groups is 1. The number of amides is 3. The SMILES string of the molecule is O=C(NCCCN(C(=O)Nc1ccccc1F)c1ccccc1)c1ccccc1. The number of halogens is 1. The van der Waals surface area contributed by atoms with Gasteiger partial charge in [0.1, 0.15) is 5.82 Å². The molecule has 0 saturated carbocycles. The summed E-state index contributed by atoms with van der Waals surface area (Å²) in [5, 5.41) is 5.46. The minimum atomic E-state index is -0.496. The van der Waals surface area contributed by atoms with Crippen LogP contribution in [0.5, 0.6) is 0 Å². The molecule has 0 unspecified atom stereocenters. The number of benzene rings is 3. The fraction of sp³-hybridized carbons (Fsp3) is 0.130. The van der Waals surface area contributed by atoms with Gasteiger partial charge in [-0.15, -0.1) is 0 Å². The molecule has 3 aromatic carbocycles. The summed E-state index contributed by atoms with van der Waals surface area (Å²) in [6.45, 7) is 0.767. The lowest BCUT2D eigenvalue weighted by Crippen LogP contribution is -2.37. The molecular formula is C23H22FN3O2. The van der Waals surface area contributed by atoms with Gasteiger partial charge in [-0.3, -0.25) is 9.69 Å². The average molecular weight is 391 g/mol. The predicted molar refractivity (Wildman–Crippen MR) is 113 cm³/mol. The van der Waals surface area contributed by atoms with E-state index in [1.54, 1.807) is 36.4 Å². The number of nitrogens with zero attached hydrogens (tertiary/aromatic N) is 1. The van der Waals surface area contributed by atoms with Gasteiger partial charge in [0, 0.05) is 24.3 Å². The Bertz CT molecular complexity index is 949. The number of anilines is 2. The first-order valence-electron chi connectivity index (χ1n) is 9.36. The Labute approximate surface area is 169 Å². The van der Waals surface area contributed by atoms with Crippen molar-refractivity contribution in [3.63, 3.8) is 0 Å². The highest BCUT2D eigenvalue weighted by molar-refractivity contribution is 6.01. The molecular weight excluding hydrogens is 369 g/mol. The first-order chi connectivity index (χ1) is 14.1. The molecule has 0 aliphatic carbocycles. The van der Waals surface area contributed by atoms with E-state index in [0.29, 0.717) is 30.8 Å². The molecule has 0 radical (unpaired) electrons. The second kappa shape index (κ2) is 10.0. The first-order valence-corrected chi connectivity index (χ1v) is 9.36. The highest BCUT2D eigenvalue weighted by Crippen LogP contribution is 2.18. The summed E-state index contributed by atoms with van der Waals surface area (Å²) in [4.78, 5) is 26.4. The fourth-order valence-corrected chi connectivity index (χ4v) is 2.83. The monoisotopic (exact) mass is 391 g/mol. The molecule has 2 N–H and O–H groups in total. The maximum absolute atomic E-state index is 13.9. The van der Waals surface area contributed by atoms with Gasteiger partial charge in [0.05, 0.1) is 5.69 Å². The Morgan fingerprint density at radius 2 is 1.45 bits per heavy atom. The normalized spacial score (nSPS) is 10.2. The molecule has 0 saturated heterocycles. The molecule has 3 aromatic rings. The van der Waals surface area contributed by atoms with Gasteiger partial charge in [0.15, 0.2) is 0 Å². The summed E-state index contributed by atoms with van der Waals surface area (Å²) in [7, 11) is 0. The zero-order valence-electron chi connectivity index (χ0n) is 15.8. The molecule has 0 aromatic heterocycles. The van der Waals surface area contributed by atoms with Crippen LogP contribution in [0.25, 0.3) is 0 Å². The third kappa shape index (κ3) is 5.65. The van der Waals surface area contributed by atoms with E-state index in [4.69, 9.17) is 0 Å². The van der Waals surface area contributed by atoms with Crippen molar-refractivity contribution < 1.29 is 14.0 Å². The minimum absolute atomic E-state index is 0.121. The predicted octanol–water partition coefficient (Wildman–Crippen LogP) is 4.68. The van der Waals surface area contributed by atoms with Crippen LogP contribution >= 0.6 is 0 Å². The lowest BCUT2D eigenvalue weighted by atomic mass is 10.2. The lowest BCUT2D eigenvalue weighted by molar-refractivity contribution is 0.0953. The quantitative estimate of drug-likeness (QED) is 0.574. The zero-order valence-corrected chi connectivity index (χ0v) is 15.8. The fourth-order valence-electron chi connectivity index (χ4n) is 2.83. The summed E-state index contributed by atoms with van der Waals surface area (Å²) >= 11 is 0. The van der Waals surface area contributed by atoms with Gasteiger partial charge >= 0.3 is 6.03 Å². The van der Waals surface area contributed by atoms with E-state index in [1.165, 1.54) is 17.0 Å². The van der Waals surface area contributed by atoms with Crippen LogP contribution in [0, 0.1) is 5.82 Å². The minimum Gasteiger partial charge on any atom is -0.352 e. The largest absolute Gasteiger partial charge is 0.352 e. The van der Waals surface area contributed by atoms with E-state index in [0.717, 1.165) is 0 Å². The molecule has 3 rings (SSSR count). The van der Waals surface area contributed by atoms with Gasteiger partial charge in [0.2, 0.25) is 0 Å². The van der Waals surface area contributed by atoms with Crippen LogP contribution in [-0.4, -0.2) is 25.0 Å². The number of para-hydroxylation sites is 2. The Hall–Kier alpha value is -3.67. The third-order valence-corrected chi connectivity index (χ3v) is 4.31. The third-order valence-electron chi connectivity index (χ3n) is 4.31. The van der Waals surface area contributed by atoms with Gasteiger partial charge in [-0.2, -0.15) is 0 Å². The van der Waals surface area contributed by atoms with Crippen LogP contribution < -0.4 is 15.5 Å². The van der Waals surface area contributed by atoms with E-state index in [1.807, 2.05) is 36.4 Å². The number of hydrogen-bond donors (Lipinski definition) is 2. The maximum Gasteiger partial charge on any atom is 0.326 e. The van der Waals surface area contributed by atoms with Crippen molar-refractivity contribution in [2.75, 3.05) is 23.3 Å². The molecule has 0 heterocycles. The Balaban J connectivity index is 1.61. The van der Waals surface area contributed by atoms with Gasteiger partial charge in [-0.05, 0) is 42.8 Å². The zero-order chi connectivity index (χ0) is 20.5. The van der Waals surface area contributed by atoms with Crippen molar-refractivity contribution in [1.29, 1.82) is 0 Å². The van der Waals surface area contributed by atoms with Gasteiger partial charge in [-0.1, -0.05) is 48.5 Å². The molecule has 0 aliphatic rings. The van der Waals surface area contributed by atoms with Gasteiger partial charge in [-0.25, -0.2) is 9.18 Å². The van der Waals surface area contributed by atoms with Crippen LogP contribution in [0.1, 0.15) is 16.8 Å². The first kappa shape index (κ1) is 20.1. The number of hydrogen-bond acceptors (Lipinski definition) is 2. The van der Waals surface area contributed by atoms with Crippen molar-refractivity contribution >= 4 is 23.3 Å². The Morgan fingerprint density at radius 3 is 2.14 bits per heavy atom. The lowest BCUT2D eigenvalue weighted by Gasteiger charge is -2.23. The standard InChI is InChI=1S/C23H22FN3O2/c24-20-14-7-8-15-21(20)26-23(29)27(19-12-5-2-6-13-19)17-9-16-25-22(28)18-10-3-1-4-11-18/h1-8,10-15H,9,16-17H2,(H,25,28)(H,26,29). The van der Waals surface area contributed by atoms with Crippen LogP contribution in [-0.2, 0) is 0 Å². The molecule has 29 heavy (non-hydrogen) atoms. The van der Waals surface area contributed by atoms with Gasteiger partial charge < -0.3 is 10.6 Å². The second-order valence-electron chi connectivity index (χ2n) is 6.37. The summed E-state index contributed by atoms with van der Waals surface area (Å²) in [6, 6.07) is 23.7. The summed E-state index contributed by atoms with van der Waals surface area (Å²) in [5.41, 5.74) is 1.40. The van der Waals surface area contributed by atoms with E-state index < -0.39 is 11.8 Å². The van der Waals surface area contributed by atoms with Gasteiger partial charge in [0.25, 0.3) is 5.91 Å². The topological polar surface area (TPSA) is 61.4 Å². The number of nitrogens with one attached hydrogen (secondary N) is 2. The molecule has 0 fully saturated rings. The van der Waals surface area contributed by atoms with Crippen molar-refractivity contribution in [3.8, 4) is 0 Å². The Kier molecular flexibility index (Phi) is 6.95. The van der Waals surface area contributed by atoms with Crippen LogP contribution in [0.2, 0.25) is 0 Å². The van der Waals surface area contributed by atoms with E-state index in [-0.39, 0.29) is 11.6 Å². The molecule has 3 amide bonds. The molecule has 0 spiro atoms. The smallest absolute Gasteiger partial charge is 0.326 e. The average Bonchev–Trinajstić information content (AvgIpc) is 2.76. The summed E-state index contributed by atoms with van der Waals surface area (Å²) in [6.07, 6.45) is 0.540. The Morgan fingerprint density at radius 1 is 0.828 bits per heavy atom. The molecule has 0 atom stereocenters. The van der Waals surface area contributed by atoms with Crippen molar-refractivity contribution in [2.45, 2.75) is 6.42 Å². The maximum atomic E-state index is 13.9. The molecule has 0 aliphatic heterocycles. The number of carbonyl (C=O) groups is 2. The molecule has 6 heteroatoms. The van der Waals surface area contributed by atoms with Crippen molar-refractivity contribution in [2.24, 2.45) is 0 Å². The van der Waals surface area contributed by atoms with E-state index in [2.05, 4.69) is 10.6 Å². The molecule has 148 valence electrons. The van der Waals surface area contributed by atoms with Crippen molar-refractivity contribution in [3.05, 3.63) is 96.3 Å². The highest BCUT2D eigenvalue weighted by atomic mass is 19.1. The number of carbonyl (C=O) groups excluding carboxylic acids is 2. The van der Waals surface area contributed by atoms with Crippen molar-refractivity contribution in [1.82, 2.24) is 5.32 Å². The summed E-state index contributed by atoms with van der Waals surface area (Å²) < 4.78 is 13.9. The second-order valence-corrected chi connectivity index (χ2v) is 6.37. The molecule has 5 nitrogen and oxygen atoms in total. The van der Waals surface area contributed by atoms with E-state index >= 15 is 0 Å². The number of rotatable bonds is 7. The van der Waals surface area contributed by atoms with Crippen LogP contribution in [0.3, 0.4) is 0 Å². The van der Waals surface area contributed by atoms with E-state index in [9.17, 15) is 14.0 Å². The molecule has 0 bridgehead atoms. The van der Waals surface area contributed by atoms with Crippen LogP contribution in [0.15, 0.2) is 84.9 Å².